The van der Waals surface area contributed by atoms with Crippen LogP contribution in [0.1, 0.15) is 0 Å². The quantitative estimate of drug-likeness (QED) is 0.267. The molecular weight excluding hydrogens is 175 g/mol. The molecule has 0 aromatic rings. The van der Waals surface area contributed by atoms with Crippen LogP contribution in [-0.4, -0.2) is 33.2 Å². The second-order valence-corrected chi connectivity index (χ2v) is 2.03. The van der Waals surface area contributed by atoms with Gasteiger partial charge in [0.1, 0.15) is 0 Å². The van der Waals surface area contributed by atoms with E-state index in [-0.39, 0.29) is 0 Å². The maximum atomic E-state index is 10.2. The molecule has 48 valence electrons. The van der Waals surface area contributed by atoms with Gasteiger partial charge in [0.15, 0.2) is 0 Å². The van der Waals surface area contributed by atoms with Crippen LogP contribution in [0.3, 0.4) is 0 Å². The van der Waals surface area contributed by atoms with Crippen LogP contribution in [0.4, 0.5) is 0 Å². The Morgan fingerprint density at radius 2 is 2.50 bits per heavy atom. The number of amides is 1. The standard InChI is InChI=1S/C3H8N2O2Se/c4-2(1-8)3(6)5-7/h2,7-8H,1,4H2,(H,5,6)/t2-/m0/s1. The number of nitrogens with two attached hydrogens (primary N) is 1. The normalized spacial score (nSPS) is 12.9. The summed E-state index contributed by atoms with van der Waals surface area (Å²) in [6.07, 6.45) is 0. The van der Waals surface area contributed by atoms with Crippen molar-refractivity contribution < 1.29 is 10.0 Å². The Balaban J connectivity index is 3.46. The number of hydroxylamine groups is 1. The first-order valence-electron chi connectivity index (χ1n) is 2.02. The summed E-state index contributed by atoms with van der Waals surface area (Å²) in [5.41, 5.74) is 6.58. The van der Waals surface area contributed by atoms with Gasteiger partial charge in [0.25, 0.3) is 0 Å². The molecule has 0 saturated carbocycles. The summed E-state index contributed by atoms with van der Waals surface area (Å²) in [4.78, 5) is 10.2. The van der Waals surface area contributed by atoms with Crippen molar-refractivity contribution >= 4 is 21.9 Å². The van der Waals surface area contributed by atoms with Gasteiger partial charge in [-0.05, 0) is 0 Å². The van der Waals surface area contributed by atoms with Crippen molar-refractivity contribution in [3.8, 4) is 0 Å². The summed E-state index contributed by atoms with van der Waals surface area (Å²) >= 11 is 2.16. The summed E-state index contributed by atoms with van der Waals surface area (Å²) in [6.45, 7) is 0. The van der Waals surface area contributed by atoms with Crippen LogP contribution in [0.5, 0.6) is 0 Å². The third kappa shape index (κ3) is 2.28. The van der Waals surface area contributed by atoms with Crippen LogP contribution in [0.15, 0.2) is 0 Å². The fourth-order valence-electron chi connectivity index (χ4n) is 0.166. The zero-order valence-electron chi connectivity index (χ0n) is 4.16. The average molecular weight is 183 g/mol. The molecule has 0 radical (unpaired) electrons. The molecule has 0 rings (SSSR count). The van der Waals surface area contributed by atoms with Crippen LogP contribution >= 0.6 is 0 Å². The van der Waals surface area contributed by atoms with Gasteiger partial charge in [-0.3, -0.25) is 0 Å². The summed E-state index contributed by atoms with van der Waals surface area (Å²) < 4.78 is 0. The van der Waals surface area contributed by atoms with Gasteiger partial charge in [-0.2, -0.15) is 0 Å². The summed E-state index contributed by atoms with van der Waals surface area (Å²) in [6, 6.07) is -0.611. The topological polar surface area (TPSA) is 75.4 Å². The Labute approximate surface area is 55.2 Å². The predicted molar refractivity (Wildman–Crippen MR) is 29.9 cm³/mol. The summed E-state index contributed by atoms with van der Waals surface area (Å²) in [5.74, 6) is -0.550. The fraction of sp³-hybridized carbons (Fsp3) is 0.667. The van der Waals surface area contributed by atoms with E-state index in [9.17, 15) is 4.79 Å². The SMILES string of the molecule is N[C@@H](C[SeH])C(=O)NO. The number of rotatable bonds is 2. The van der Waals surface area contributed by atoms with E-state index in [2.05, 4.69) is 16.0 Å². The Hall–Kier alpha value is -0.0905. The van der Waals surface area contributed by atoms with Gasteiger partial charge in [0.2, 0.25) is 0 Å². The van der Waals surface area contributed by atoms with Crippen LogP contribution in [0.25, 0.3) is 0 Å². The van der Waals surface area contributed by atoms with E-state index in [1.165, 1.54) is 5.48 Å². The zero-order chi connectivity index (χ0) is 6.57. The van der Waals surface area contributed by atoms with Gasteiger partial charge in [0, 0.05) is 0 Å². The molecule has 0 aliphatic heterocycles. The molecule has 8 heavy (non-hydrogen) atoms. The number of nitrogens with one attached hydrogen (secondary N) is 1. The summed E-state index contributed by atoms with van der Waals surface area (Å²) in [5, 5.41) is 8.42. The Bertz CT molecular complexity index is 87.4. The van der Waals surface area contributed by atoms with Crippen molar-refractivity contribution in [1.29, 1.82) is 0 Å². The van der Waals surface area contributed by atoms with E-state index in [0.29, 0.717) is 5.32 Å². The molecule has 4 N–H and O–H groups in total. The molecule has 0 bridgehead atoms. The molecule has 0 aliphatic rings. The van der Waals surface area contributed by atoms with E-state index >= 15 is 0 Å². The number of carbonyl (C=O) groups is 1. The van der Waals surface area contributed by atoms with Crippen LogP contribution in [0, 0.1) is 0 Å². The third-order valence-electron chi connectivity index (χ3n) is 0.644. The second-order valence-electron chi connectivity index (χ2n) is 1.27. The van der Waals surface area contributed by atoms with Gasteiger partial charge < -0.3 is 0 Å². The minimum atomic E-state index is -0.611. The van der Waals surface area contributed by atoms with Crippen molar-refractivity contribution in [3.05, 3.63) is 0 Å². The Morgan fingerprint density at radius 1 is 2.00 bits per heavy atom. The first kappa shape index (κ1) is 7.91. The molecule has 5 heteroatoms. The molecule has 0 spiro atoms. The molecule has 0 aromatic heterocycles. The number of hydrogen-bond donors (Lipinski definition) is 3. The molecule has 0 fully saturated rings. The average Bonchev–Trinajstić information content (AvgIpc) is 1.84. The third-order valence-corrected chi connectivity index (χ3v) is 1.47. The van der Waals surface area contributed by atoms with Crippen LogP contribution in [-0.2, 0) is 4.79 Å². The molecule has 0 aliphatic carbocycles. The second kappa shape index (κ2) is 3.86. The molecular formula is C3H8N2O2Se. The Kier molecular flexibility index (Phi) is 3.81. The fourth-order valence-corrected chi connectivity index (χ4v) is 0.514. The van der Waals surface area contributed by atoms with Gasteiger partial charge in [-0.15, -0.1) is 0 Å². The first-order chi connectivity index (χ1) is 3.72. The van der Waals surface area contributed by atoms with E-state index in [0.717, 1.165) is 0 Å². The van der Waals surface area contributed by atoms with E-state index in [4.69, 9.17) is 10.9 Å². The Morgan fingerprint density at radius 3 is 2.62 bits per heavy atom. The van der Waals surface area contributed by atoms with Gasteiger partial charge >= 0.3 is 54.5 Å². The molecule has 0 saturated heterocycles. The van der Waals surface area contributed by atoms with E-state index in [1.54, 1.807) is 0 Å². The number of carbonyl (C=O) groups excluding carboxylic acids is 1. The molecule has 4 nitrogen and oxygen atoms in total. The minimum absolute atomic E-state index is 0.472. The number of hydrogen-bond acceptors (Lipinski definition) is 3. The van der Waals surface area contributed by atoms with Crippen molar-refractivity contribution in [1.82, 2.24) is 5.48 Å². The van der Waals surface area contributed by atoms with Gasteiger partial charge in [-0.25, -0.2) is 0 Å². The van der Waals surface area contributed by atoms with E-state index in [1.807, 2.05) is 0 Å². The molecule has 1 atom stereocenters. The van der Waals surface area contributed by atoms with Gasteiger partial charge in [0.05, 0.1) is 0 Å². The molecule has 1 amide bonds. The predicted octanol–water partition coefficient (Wildman–Crippen LogP) is -1.86. The van der Waals surface area contributed by atoms with Crippen molar-refractivity contribution in [2.45, 2.75) is 11.4 Å². The maximum absolute atomic E-state index is 10.2. The monoisotopic (exact) mass is 184 g/mol. The van der Waals surface area contributed by atoms with Crippen molar-refractivity contribution in [2.24, 2.45) is 5.73 Å². The molecule has 0 aromatic carbocycles. The first-order valence-corrected chi connectivity index (χ1v) is 3.35. The summed E-state index contributed by atoms with van der Waals surface area (Å²) in [7, 11) is 0. The molecule has 0 heterocycles. The van der Waals surface area contributed by atoms with Crippen molar-refractivity contribution in [2.75, 3.05) is 0 Å². The van der Waals surface area contributed by atoms with Crippen LogP contribution in [0.2, 0.25) is 5.32 Å². The zero-order valence-corrected chi connectivity index (χ0v) is 6.04. The van der Waals surface area contributed by atoms with Crippen molar-refractivity contribution in [3.63, 3.8) is 0 Å². The van der Waals surface area contributed by atoms with E-state index < -0.39 is 11.9 Å². The van der Waals surface area contributed by atoms with Gasteiger partial charge in [-0.1, -0.05) is 0 Å². The molecule has 0 unspecified atom stereocenters. The van der Waals surface area contributed by atoms with Crippen LogP contribution < -0.4 is 11.2 Å².